The van der Waals surface area contributed by atoms with E-state index in [0.717, 1.165) is 11.3 Å². The Balaban J connectivity index is 2.17. The topological polar surface area (TPSA) is 55.4 Å². The summed E-state index contributed by atoms with van der Waals surface area (Å²) in [5.41, 5.74) is 0.898. The fourth-order valence-corrected chi connectivity index (χ4v) is 3.17. The summed E-state index contributed by atoms with van der Waals surface area (Å²) in [5, 5.41) is 2.89. The molecule has 0 saturated carbocycles. The summed E-state index contributed by atoms with van der Waals surface area (Å²) in [6.45, 7) is 0. The largest absolute Gasteiger partial charge is 0.469 e. The third-order valence-corrected chi connectivity index (χ3v) is 4.12. The Morgan fingerprint density at radius 2 is 2.16 bits per heavy atom. The van der Waals surface area contributed by atoms with Crippen LogP contribution in [-0.4, -0.2) is 19.0 Å². The van der Waals surface area contributed by atoms with Crippen molar-refractivity contribution in [3.63, 3.8) is 0 Å². The molecule has 98 valence electrons. The summed E-state index contributed by atoms with van der Waals surface area (Å²) in [4.78, 5) is 24.5. The molecule has 1 spiro atoms. The average molecular weight is 257 g/mol. The van der Waals surface area contributed by atoms with Gasteiger partial charge < -0.3 is 10.1 Å². The highest BCUT2D eigenvalue weighted by Gasteiger charge is 2.55. The lowest BCUT2D eigenvalue weighted by Gasteiger charge is -2.35. The van der Waals surface area contributed by atoms with Gasteiger partial charge in [0.25, 0.3) is 0 Å². The minimum atomic E-state index is -0.807. The number of anilines is 1. The molecule has 0 bridgehead atoms. The third kappa shape index (κ3) is 1.52. The van der Waals surface area contributed by atoms with Crippen LogP contribution >= 0.6 is 0 Å². The van der Waals surface area contributed by atoms with E-state index >= 15 is 0 Å². The van der Waals surface area contributed by atoms with E-state index in [0.29, 0.717) is 12.8 Å². The first-order valence-electron chi connectivity index (χ1n) is 6.34. The zero-order chi connectivity index (χ0) is 13.5. The number of allylic oxidation sites excluding steroid dienone is 2. The summed E-state index contributed by atoms with van der Waals surface area (Å²) in [5.74, 6) is -0.879. The van der Waals surface area contributed by atoms with Crippen molar-refractivity contribution in [2.45, 2.75) is 18.3 Å². The van der Waals surface area contributed by atoms with Crippen molar-refractivity contribution in [3.8, 4) is 0 Å². The third-order valence-electron chi connectivity index (χ3n) is 4.12. The molecule has 19 heavy (non-hydrogen) atoms. The predicted octanol–water partition coefficient (Wildman–Crippen LogP) is 2.02. The lowest BCUT2D eigenvalue weighted by Crippen LogP contribution is -2.46. The maximum Gasteiger partial charge on any atom is 0.310 e. The number of para-hydroxylation sites is 1. The van der Waals surface area contributed by atoms with Crippen LogP contribution in [0.3, 0.4) is 0 Å². The zero-order valence-corrected chi connectivity index (χ0v) is 10.7. The molecule has 1 aliphatic carbocycles. The van der Waals surface area contributed by atoms with E-state index < -0.39 is 11.3 Å². The molecule has 1 aromatic carbocycles. The van der Waals surface area contributed by atoms with Gasteiger partial charge in [-0.25, -0.2) is 0 Å². The normalized spacial score (nSPS) is 28.1. The molecule has 3 rings (SSSR count). The Morgan fingerprint density at radius 1 is 1.37 bits per heavy atom. The summed E-state index contributed by atoms with van der Waals surface area (Å²) < 4.78 is 4.89. The molecule has 1 amide bonds. The van der Waals surface area contributed by atoms with Crippen molar-refractivity contribution in [1.82, 2.24) is 0 Å². The Kier molecular flexibility index (Phi) is 2.66. The van der Waals surface area contributed by atoms with Gasteiger partial charge in [-0.15, -0.1) is 0 Å². The van der Waals surface area contributed by atoms with Gasteiger partial charge in [0.05, 0.1) is 18.4 Å². The molecule has 0 unspecified atom stereocenters. The summed E-state index contributed by atoms with van der Waals surface area (Å²) in [6, 6.07) is 7.56. The summed E-state index contributed by atoms with van der Waals surface area (Å²) >= 11 is 0. The molecule has 0 aromatic heterocycles. The quantitative estimate of drug-likeness (QED) is 0.618. The number of hydrogen-bond acceptors (Lipinski definition) is 3. The molecule has 0 fully saturated rings. The van der Waals surface area contributed by atoms with Gasteiger partial charge in [-0.05, 0) is 24.5 Å². The first-order valence-corrected chi connectivity index (χ1v) is 6.34. The van der Waals surface area contributed by atoms with Crippen molar-refractivity contribution in [3.05, 3.63) is 42.0 Å². The summed E-state index contributed by atoms with van der Waals surface area (Å²) in [7, 11) is 1.37. The number of methoxy groups -OCH3 is 1. The fraction of sp³-hybridized carbons (Fsp3) is 0.333. The van der Waals surface area contributed by atoms with E-state index in [2.05, 4.69) is 5.32 Å². The molecule has 1 aliphatic heterocycles. The number of fused-ring (bicyclic) bond motifs is 2. The van der Waals surface area contributed by atoms with E-state index in [1.807, 2.05) is 36.4 Å². The number of ether oxygens (including phenoxy) is 1. The molecule has 1 aromatic rings. The maximum absolute atomic E-state index is 12.5. The number of esters is 1. The van der Waals surface area contributed by atoms with Crippen molar-refractivity contribution in [1.29, 1.82) is 0 Å². The fourth-order valence-electron chi connectivity index (χ4n) is 3.17. The van der Waals surface area contributed by atoms with E-state index in [9.17, 15) is 9.59 Å². The molecule has 1 N–H and O–H groups in total. The Morgan fingerprint density at radius 3 is 2.95 bits per heavy atom. The van der Waals surface area contributed by atoms with Crippen LogP contribution in [0.15, 0.2) is 36.4 Å². The van der Waals surface area contributed by atoms with Crippen molar-refractivity contribution in [2.75, 3.05) is 12.4 Å². The lowest BCUT2D eigenvalue weighted by molar-refractivity contribution is -0.150. The van der Waals surface area contributed by atoms with Gasteiger partial charge in [0.2, 0.25) is 5.91 Å². The highest BCUT2D eigenvalue weighted by Crippen LogP contribution is 2.49. The van der Waals surface area contributed by atoms with Crippen LogP contribution in [0.5, 0.6) is 0 Å². The number of carbonyl (C=O) groups is 2. The van der Waals surface area contributed by atoms with E-state index in [1.54, 1.807) is 0 Å². The van der Waals surface area contributed by atoms with Crippen LogP contribution in [0, 0.1) is 5.92 Å². The minimum absolute atomic E-state index is 0.103. The second-order valence-electron chi connectivity index (χ2n) is 4.96. The average Bonchev–Trinajstić information content (AvgIpc) is 2.72. The minimum Gasteiger partial charge on any atom is -0.469 e. The highest BCUT2D eigenvalue weighted by molar-refractivity contribution is 6.09. The van der Waals surface area contributed by atoms with Gasteiger partial charge >= 0.3 is 5.97 Å². The second kappa shape index (κ2) is 4.23. The molecule has 4 heteroatoms. The zero-order valence-electron chi connectivity index (χ0n) is 10.7. The molecule has 4 nitrogen and oxygen atoms in total. The van der Waals surface area contributed by atoms with Crippen LogP contribution in [0.4, 0.5) is 5.69 Å². The standard InChI is InChI=1S/C15H15NO3/c1-19-13(17)11-7-4-5-9-15(11)10-6-2-3-8-12(10)16-14(15)18/h2-6,8,11H,7,9H2,1H3,(H,16,18)/t11-,15-/m0/s1. The van der Waals surface area contributed by atoms with E-state index in [-0.39, 0.29) is 11.9 Å². The van der Waals surface area contributed by atoms with Gasteiger partial charge in [0.15, 0.2) is 0 Å². The number of hydrogen-bond donors (Lipinski definition) is 1. The molecular weight excluding hydrogens is 242 g/mol. The second-order valence-corrected chi connectivity index (χ2v) is 4.96. The molecular formula is C15H15NO3. The maximum atomic E-state index is 12.5. The molecule has 0 saturated heterocycles. The molecule has 1 heterocycles. The monoisotopic (exact) mass is 257 g/mol. The van der Waals surface area contributed by atoms with Crippen molar-refractivity contribution in [2.24, 2.45) is 5.92 Å². The Hall–Kier alpha value is -2.10. The molecule has 0 radical (unpaired) electrons. The van der Waals surface area contributed by atoms with Crippen LogP contribution in [-0.2, 0) is 19.7 Å². The van der Waals surface area contributed by atoms with Crippen LogP contribution < -0.4 is 5.32 Å². The molecule has 2 atom stereocenters. The van der Waals surface area contributed by atoms with Crippen molar-refractivity contribution < 1.29 is 14.3 Å². The van der Waals surface area contributed by atoms with E-state index in [1.165, 1.54) is 7.11 Å². The van der Waals surface area contributed by atoms with Crippen LogP contribution in [0.1, 0.15) is 18.4 Å². The van der Waals surface area contributed by atoms with Gasteiger partial charge in [0, 0.05) is 5.69 Å². The smallest absolute Gasteiger partial charge is 0.310 e. The molecule has 2 aliphatic rings. The highest BCUT2D eigenvalue weighted by atomic mass is 16.5. The first kappa shape index (κ1) is 12.0. The Labute approximate surface area is 111 Å². The van der Waals surface area contributed by atoms with Gasteiger partial charge in [-0.3, -0.25) is 9.59 Å². The van der Waals surface area contributed by atoms with Crippen molar-refractivity contribution >= 4 is 17.6 Å². The first-order chi connectivity index (χ1) is 9.20. The predicted molar refractivity (Wildman–Crippen MR) is 70.6 cm³/mol. The SMILES string of the molecule is COC(=O)[C@@H]1CC=CC[C@@]12C(=O)Nc1ccccc12. The number of amides is 1. The number of benzene rings is 1. The number of rotatable bonds is 1. The lowest BCUT2D eigenvalue weighted by atomic mass is 9.65. The van der Waals surface area contributed by atoms with Gasteiger partial charge in [-0.2, -0.15) is 0 Å². The summed E-state index contributed by atoms with van der Waals surface area (Å²) in [6.07, 6.45) is 4.99. The van der Waals surface area contributed by atoms with E-state index in [4.69, 9.17) is 4.74 Å². The van der Waals surface area contributed by atoms with Gasteiger partial charge in [0.1, 0.15) is 0 Å². The van der Waals surface area contributed by atoms with Crippen LogP contribution in [0.2, 0.25) is 0 Å². The Bertz CT molecular complexity index is 579. The number of nitrogens with one attached hydrogen (secondary N) is 1. The number of carbonyl (C=O) groups excluding carboxylic acids is 2. The van der Waals surface area contributed by atoms with Crippen LogP contribution in [0.25, 0.3) is 0 Å². The van der Waals surface area contributed by atoms with Gasteiger partial charge in [-0.1, -0.05) is 30.4 Å².